The van der Waals surface area contributed by atoms with E-state index in [1.165, 1.54) is 0 Å². The van der Waals surface area contributed by atoms with Gasteiger partial charge in [0.2, 0.25) is 5.91 Å². The number of aromatic nitrogens is 1. The molecule has 1 aromatic heterocycles. The van der Waals surface area contributed by atoms with Crippen LogP contribution in [0.5, 0.6) is 0 Å². The third-order valence-corrected chi connectivity index (χ3v) is 1.92. The van der Waals surface area contributed by atoms with Crippen LogP contribution in [0.1, 0.15) is 26.3 Å². The normalized spacial score (nSPS) is 11.2. The molecule has 1 aromatic rings. The van der Waals surface area contributed by atoms with Crippen molar-refractivity contribution < 1.29 is 9.90 Å². The number of aliphatic hydroxyl groups excluding tert-OH is 1. The Labute approximate surface area is 89.3 Å². The van der Waals surface area contributed by atoms with Gasteiger partial charge in [-0.2, -0.15) is 0 Å². The fourth-order valence-electron chi connectivity index (χ4n) is 0.961. The zero-order valence-corrected chi connectivity index (χ0v) is 9.24. The topological polar surface area (TPSA) is 62.2 Å². The first-order chi connectivity index (χ1) is 6.93. The summed E-state index contributed by atoms with van der Waals surface area (Å²) in [6.07, 6.45) is 3.12. The van der Waals surface area contributed by atoms with Crippen LogP contribution in [0.15, 0.2) is 18.5 Å². The molecular weight excluding hydrogens is 192 g/mol. The minimum Gasteiger partial charge on any atom is -0.392 e. The largest absolute Gasteiger partial charge is 0.392 e. The Kier molecular flexibility index (Phi) is 3.42. The van der Waals surface area contributed by atoms with Gasteiger partial charge in [-0.1, -0.05) is 20.8 Å². The second-order valence-corrected chi connectivity index (χ2v) is 4.44. The fourth-order valence-corrected chi connectivity index (χ4v) is 0.961. The molecule has 82 valence electrons. The number of nitrogens with one attached hydrogen (secondary N) is 1. The molecule has 15 heavy (non-hydrogen) atoms. The summed E-state index contributed by atoms with van der Waals surface area (Å²) in [4.78, 5) is 15.5. The van der Waals surface area contributed by atoms with Gasteiger partial charge in [0.05, 0.1) is 18.5 Å². The van der Waals surface area contributed by atoms with Crippen LogP contribution in [-0.2, 0) is 11.4 Å². The van der Waals surface area contributed by atoms with Gasteiger partial charge >= 0.3 is 0 Å². The van der Waals surface area contributed by atoms with Gasteiger partial charge in [0.25, 0.3) is 0 Å². The Morgan fingerprint density at radius 1 is 1.47 bits per heavy atom. The van der Waals surface area contributed by atoms with E-state index >= 15 is 0 Å². The van der Waals surface area contributed by atoms with Crippen LogP contribution in [0.4, 0.5) is 5.69 Å². The summed E-state index contributed by atoms with van der Waals surface area (Å²) in [5.74, 6) is -0.0700. The summed E-state index contributed by atoms with van der Waals surface area (Å²) in [5.41, 5.74) is 0.859. The molecule has 0 unspecified atom stereocenters. The van der Waals surface area contributed by atoms with Crippen molar-refractivity contribution in [1.82, 2.24) is 4.98 Å². The van der Waals surface area contributed by atoms with Crippen LogP contribution in [0.25, 0.3) is 0 Å². The number of pyridine rings is 1. The molecule has 0 aromatic carbocycles. The van der Waals surface area contributed by atoms with Gasteiger partial charge in [-0.25, -0.2) is 0 Å². The molecule has 0 aliphatic rings. The molecule has 0 radical (unpaired) electrons. The second-order valence-electron chi connectivity index (χ2n) is 4.44. The van der Waals surface area contributed by atoms with E-state index in [-0.39, 0.29) is 12.5 Å². The molecule has 0 fully saturated rings. The van der Waals surface area contributed by atoms with Crippen LogP contribution in [0.2, 0.25) is 0 Å². The van der Waals surface area contributed by atoms with Gasteiger partial charge in [-0.15, -0.1) is 0 Å². The first-order valence-corrected chi connectivity index (χ1v) is 4.80. The number of rotatable bonds is 2. The van der Waals surface area contributed by atoms with E-state index in [1.807, 2.05) is 20.8 Å². The SMILES string of the molecule is CC(C)(C)C(=O)Nc1cncc(CO)c1. The second kappa shape index (κ2) is 4.40. The molecule has 0 aliphatic carbocycles. The highest BCUT2D eigenvalue weighted by atomic mass is 16.3. The van der Waals surface area contributed by atoms with Gasteiger partial charge in [0.1, 0.15) is 0 Å². The summed E-state index contributed by atoms with van der Waals surface area (Å²) in [5, 5.41) is 11.6. The van der Waals surface area contributed by atoms with Crippen molar-refractivity contribution in [2.24, 2.45) is 5.41 Å². The van der Waals surface area contributed by atoms with Gasteiger partial charge < -0.3 is 10.4 Å². The number of carbonyl (C=O) groups excluding carboxylic acids is 1. The van der Waals surface area contributed by atoms with Crippen molar-refractivity contribution in [1.29, 1.82) is 0 Å². The first-order valence-electron chi connectivity index (χ1n) is 4.80. The Hall–Kier alpha value is -1.42. The lowest BCUT2D eigenvalue weighted by Gasteiger charge is -2.17. The predicted octanol–water partition coefficient (Wildman–Crippen LogP) is 1.56. The predicted molar refractivity (Wildman–Crippen MR) is 58.2 cm³/mol. The summed E-state index contributed by atoms with van der Waals surface area (Å²) >= 11 is 0. The van der Waals surface area contributed by atoms with E-state index in [9.17, 15) is 4.79 Å². The summed E-state index contributed by atoms with van der Waals surface area (Å²) < 4.78 is 0. The standard InChI is InChI=1S/C11H16N2O2/c1-11(2,3)10(15)13-9-4-8(7-14)5-12-6-9/h4-6,14H,7H2,1-3H3,(H,13,15). The molecule has 2 N–H and O–H groups in total. The average molecular weight is 208 g/mol. The molecule has 0 saturated carbocycles. The molecule has 1 amide bonds. The van der Waals surface area contributed by atoms with Crippen LogP contribution < -0.4 is 5.32 Å². The van der Waals surface area contributed by atoms with Crippen molar-refractivity contribution in [3.8, 4) is 0 Å². The molecule has 0 aliphatic heterocycles. The summed E-state index contributed by atoms with van der Waals surface area (Å²) in [6.45, 7) is 5.44. The third-order valence-electron chi connectivity index (χ3n) is 1.92. The monoisotopic (exact) mass is 208 g/mol. The van der Waals surface area contributed by atoms with E-state index in [0.717, 1.165) is 0 Å². The highest BCUT2D eigenvalue weighted by Gasteiger charge is 2.21. The average Bonchev–Trinajstić information content (AvgIpc) is 2.16. The molecule has 4 nitrogen and oxygen atoms in total. The molecule has 0 atom stereocenters. The Bertz CT molecular complexity index is 356. The molecule has 4 heteroatoms. The summed E-state index contributed by atoms with van der Waals surface area (Å²) in [7, 11) is 0. The van der Waals surface area contributed by atoms with E-state index in [4.69, 9.17) is 5.11 Å². The Balaban J connectivity index is 2.77. The number of carbonyl (C=O) groups is 1. The van der Waals surface area contributed by atoms with Crippen molar-refractivity contribution in [2.75, 3.05) is 5.32 Å². The molecule has 1 heterocycles. The highest BCUT2D eigenvalue weighted by Crippen LogP contribution is 2.17. The van der Waals surface area contributed by atoms with E-state index in [2.05, 4.69) is 10.3 Å². The Morgan fingerprint density at radius 2 is 2.13 bits per heavy atom. The zero-order chi connectivity index (χ0) is 11.5. The lowest BCUT2D eigenvalue weighted by molar-refractivity contribution is -0.123. The van der Waals surface area contributed by atoms with Crippen molar-refractivity contribution in [2.45, 2.75) is 27.4 Å². The molecule has 0 bridgehead atoms. The lowest BCUT2D eigenvalue weighted by atomic mass is 9.95. The van der Waals surface area contributed by atoms with Crippen LogP contribution >= 0.6 is 0 Å². The minimum absolute atomic E-state index is 0.0700. The smallest absolute Gasteiger partial charge is 0.229 e. The van der Waals surface area contributed by atoms with Gasteiger partial charge in [0, 0.05) is 11.6 Å². The van der Waals surface area contributed by atoms with Crippen LogP contribution in [-0.4, -0.2) is 16.0 Å². The maximum Gasteiger partial charge on any atom is 0.229 e. The Morgan fingerprint density at radius 3 is 2.67 bits per heavy atom. The van der Waals surface area contributed by atoms with Crippen LogP contribution in [0.3, 0.4) is 0 Å². The van der Waals surface area contributed by atoms with Gasteiger partial charge in [0.15, 0.2) is 0 Å². The van der Waals surface area contributed by atoms with Crippen molar-refractivity contribution in [3.05, 3.63) is 24.0 Å². The number of anilines is 1. The highest BCUT2D eigenvalue weighted by molar-refractivity contribution is 5.94. The minimum atomic E-state index is -0.435. The molecule has 0 saturated heterocycles. The third kappa shape index (κ3) is 3.32. The number of amides is 1. The van der Waals surface area contributed by atoms with Crippen molar-refractivity contribution >= 4 is 11.6 Å². The maximum absolute atomic E-state index is 11.6. The quantitative estimate of drug-likeness (QED) is 0.775. The first kappa shape index (κ1) is 11.7. The fraction of sp³-hybridized carbons (Fsp3) is 0.455. The van der Waals surface area contributed by atoms with E-state index < -0.39 is 5.41 Å². The lowest BCUT2D eigenvalue weighted by Crippen LogP contribution is -2.27. The van der Waals surface area contributed by atoms with E-state index in [0.29, 0.717) is 11.3 Å². The number of nitrogens with zero attached hydrogens (tertiary/aromatic N) is 1. The number of aliphatic hydroxyl groups is 1. The molecular formula is C11H16N2O2. The van der Waals surface area contributed by atoms with Crippen molar-refractivity contribution in [3.63, 3.8) is 0 Å². The number of hydrogen-bond donors (Lipinski definition) is 2. The van der Waals surface area contributed by atoms with Gasteiger partial charge in [-0.3, -0.25) is 9.78 Å². The summed E-state index contributed by atoms with van der Waals surface area (Å²) in [6, 6.07) is 1.70. The van der Waals surface area contributed by atoms with Crippen LogP contribution in [0, 0.1) is 5.41 Å². The number of hydrogen-bond acceptors (Lipinski definition) is 3. The molecule has 0 spiro atoms. The maximum atomic E-state index is 11.6. The van der Waals surface area contributed by atoms with E-state index in [1.54, 1.807) is 18.5 Å². The zero-order valence-electron chi connectivity index (χ0n) is 9.24. The molecule has 1 rings (SSSR count). The van der Waals surface area contributed by atoms with Gasteiger partial charge in [-0.05, 0) is 11.6 Å².